The lowest BCUT2D eigenvalue weighted by atomic mass is 10.00. The smallest absolute Gasteiger partial charge is 0.257 e. The summed E-state index contributed by atoms with van der Waals surface area (Å²) in [5.41, 5.74) is -0.350. The number of rotatable bonds is 2. The van der Waals surface area contributed by atoms with Crippen molar-refractivity contribution in [1.29, 1.82) is 0 Å². The van der Waals surface area contributed by atoms with Crippen molar-refractivity contribution in [2.75, 3.05) is 6.54 Å². The molecule has 0 bridgehead atoms. The summed E-state index contributed by atoms with van der Waals surface area (Å²) in [5, 5.41) is 3.39. The summed E-state index contributed by atoms with van der Waals surface area (Å²) < 4.78 is 32.2. The Morgan fingerprint density at radius 2 is 2.14 bits per heavy atom. The van der Waals surface area contributed by atoms with Crippen molar-refractivity contribution in [2.45, 2.75) is 25.3 Å². The first-order chi connectivity index (χ1) is 10.6. The Hall–Kier alpha value is -2.02. The first-order valence-corrected chi connectivity index (χ1v) is 7.17. The van der Waals surface area contributed by atoms with Crippen molar-refractivity contribution in [3.05, 3.63) is 46.6 Å². The van der Waals surface area contributed by atoms with E-state index in [4.69, 9.17) is 16.1 Å². The highest BCUT2D eigenvalue weighted by Gasteiger charge is 2.32. The van der Waals surface area contributed by atoms with Gasteiger partial charge in [-0.2, -0.15) is 4.98 Å². The van der Waals surface area contributed by atoms with Crippen molar-refractivity contribution in [3.63, 3.8) is 0 Å². The molecule has 22 heavy (non-hydrogen) atoms. The molecule has 1 amide bonds. The fraction of sp³-hybridized carbons (Fsp3) is 0.357. The van der Waals surface area contributed by atoms with E-state index >= 15 is 0 Å². The molecule has 0 N–H and O–H groups in total. The largest absolute Gasteiger partial charge is 0.343 e. The normalized spacial score (nSPS) is 18.5. The average Bonchev–Trinajstić information content (AvgIpc) is 3.04. The van der Waals surface area contributed by atoms with E-state index in [1.807, 2.05) is 0 Å². The molecule has 1 aromatic heterocycles. The molecule has 0 radical (unpaired) electrons. The average molecular weight is 328 g/mol. The summed E-state index contributed by atoms with van der Waals surface area (Å²) in [7, 11) is 0. The molecule has 2 heterocycles. The minimum Gasteiger partial charge on any atom is -0.343 e. The number of amides is 1. The maximum absolute atomic E-state index is 14.0. The van der Waals surface area contributed by atoms with Crippen LogP contribution in [0.25, 0.3) is 0 Å². The maximum Gasteiger partial charge on any atom is 0.257 e. The number of likely N-dealkylation sites (tertiary alicyclic amines) is 1. The Bertz CT molecular complexity index is 694. The zero-order valence-electron chi connectivity index (χ0n) is 11.4. The lowest BCUT2D eigenvalue weighted by Crippen LogP contribution is -2.39. The van der Waals surface area contributed by atoms with Gasteiger partial charge in [-0.05, 0) is 31.4 Å². The molecule has 3 rings (SSSR count). The summed E-state index contributed by atoms with van der Waals surface area (Å²) in [5.74, 6) is -1.93. The van der Waals surface area contributed by atoms with Gasteiger partial charge in [-0.1, -0.05) is 16.8 Å². The number of nitrogens with zero attached hydrogens (tertiary/aromatic N) is 3. The predicted molar refractivity (Wildman–Crippen MR) is 73.3 cm³/mol. The second-order valence-electron chi connectivity index (χ2n) is 5.05. The molecule has 0 saturated carbocycles. The van der Waals surface area contributed by atoms with Gasteiger partial charge >= 0.3 is 0 Å². The number of benzene rings is 1. The van der Waals surface area contributed by atoms with Crippen LogP contribution in [0.3, 0.4) is 0 Å². The van der Waals surface area contributed by atoms with Crippen LogP contribution in [-0.4, -0.2) is 27.5 Å². The van der Waals surface area contributed by atoms with Crippen molar-refractivity contribution >= 4 is 17.5 Å². The Labute approximate surface area is 129 Å². The summed E-state index contributed by atoms with van der Waals surface area (Å²) >= 11 is 5.51. The van der Waals surface area contributed by atoms with Gasteiger partial charge in [0.05, 0.1) is 16.6 Å². The van der Waals surface area contributed by atoms with Gasteiger partial charge in [-0.3, -0.25) is 4.79 Å². The molecular weight excluding hydrogens is 316 g/mol. The number of piperidine rings is 1. The highest BCUT2D eigenvalue weighted by molar-refractivity contribution is 6.30. The number of halogens is 3. The number of carbonyl (C=O) groups excluding carboxylic acids is 1. The molecule has 1 unspecified atom stereocenters. The van der Waals surface area contributed by atoms with Crippen molar-refractivity contribution < 1.29 is 18.1 Å². The first kappa shape index (κ1) is 14.9. The number of hydrogen-bond acceptors (Lipinski definition) is 4. The van der Waals surface area contributed by atoms with Gasteiger partial charge in [0.25, 0.3) is 5.91 Å². The fourth-order valence-electron chi connectivity index (χ4n) is 2.61. The minimum absolute atomic E-state index is 0.350. The maximum atomic E-state index is 14.0. The van der Waals surface area contributed by atoms with E-state index in [0.717, 1.165) is 25.0 Å². The molecule has 8 heteroatoms. The SMILES string of the molecule is O=C(c1cc(F)c(Cl)cc1F)N1CCCCC1c1ncon1. The van der Waals surface area contributed by atoms with Crippen LogP contribution >= 0.6 is 11.6 Å². The fourth-order valence-corrected chi connectivity index (χ4v) is 2.76. The first-order valence-electron chi connectivity index (χ1n) is 6.79. The molecule has 1 atom stereocenters. The van der Waals surface area contributed by atoms with Crippen LogP contribution in [0.5, 0.6) is 0 Å². The molecule has 116 valence electrons. The van der Waals surface area contributed by atoms with E-state index in [0.29, 0.717) is 18.8 Å². The topological polar surface area (TPSA) is 59.2 Å². The van der Waals surface area contributed by atoms with Crippen LogP contribution in [0.4, 0.5) is 8.78 Å². The Morgan fingerprint density at radius 1 is 1.32 bits per heavy atom. The van der Waals surface area contributed by atoms with Crippen molar-refractivity contribution in [1.82, 2.24) is 15.0 Å². The van der Waals surface area contributed by atoms with Gasteiger partial charge in [0, 0.05) is 6.54 Å². The molecule has 1 fully saturated rings. The second kappa shape index (κ2) is 6.00. The van der Waals surface area contributed by atoms with Gasteiger partial charge in [0.15, 0.2) is 5.82 Å². The molecule has 1 aromatic carbocycles. The standard InChI is InChI=1S/C14H12ClF2N3O2/c15-9-6-10(16)8(5-11(9)17)14(21)20-4-2-1-3-12(20)13-18-7-22-19-13/h5-7,12H,1-4H2. The van der Waals surface area contributed by atoms with Gasteiger partial charge in [-0.15, -0.1) is 0 Å². The summed E-state index contributed by atoms with van der Waals surface area (Å²) in [6, 6.07) is 1.22. The number of aromatic nitrogens is 2. The van der Waals surface area contributed by atoms with Crippen LogP contribution in [0.1, 0.15) is 41.5 Å². The Kier molecular flexibility index (Phi) is 4.06. The number of hydrogen-bond donors (Lipinski definition) is 0. The van der Waals surface area contributed by atoms with Crippen LogP contribution in [0.2, 0.25) is 5.02 Å². The third-order valence-electron chi connectivity index (χ3n) is 3.68. The van der Waals surface area contributed by atoms with E-state index in [1.165, 1.54) is 11.3 Å². The third kappa shape index (κ3) is 2.68. The lowest BCUT2D eigenvalue weighted by Gasteiger charge is -2.33. The summed E-state index contributed by atoms with van der Waals surface area (Å²) in [4.78, 5) is 18.0. The van der Waals surface area contributed by atoms with Crippen molar-refractivity contribution in [2.24, 2.45) is 0 Å². The van der Waals surface area contributed by atoms with Crippen LogP contribution in [0, 0.1) is 11.6 Å². The summed E-state index contributed by atoms with van der Waals surface area (Å²) in [6.07, 6.45) is 3.48. The van der Waals surface area contributed by atoms with E-state index in [9.17, 15) is 13.6 Å². The second-order valence-corrected chi connectivity index (χ2v) is 5.45. The molecule has 1 aliphatic rings. The molecule has 0 spiro atoms. The third-order valence-corrected chi connectivity index (χ3v) is 3.97. The van der Waals surface area contributed by atoms with Crippen LogP contribution < -0.4 is 0 Å². The Balaban J connectivity index is 1.94. The zero-order valence-corrected chi connectivity index (χ0v) is 12.2. The molecule has 1 aliphatic heterocycles. The predicted octanol–water partition coefficient (Wildman–Crippen LogP) is 3.37. The number of carbonyl (C=O) groups is 1. The summed E-state index contributed by atoms with van der Waals surface area (Å²) in [6.45, 7) is 0.418. The van der Waals surface area contributed by atoms with E-state index in [-0.39, 0.29) is 10.6 Å². The van der Waals surface area contributed by atoms with Gasteiger partial charge in [-0.25, -0.2) is 8.78 Å². The van der Waals surface area contributed by atoms with E-state index in [1.54, 1.807) is 0 Å². The molecule has 2 aromatic rings. The van der Waals surface area contributed by atoms with E-state index in [2.05, 4.69) is 10.1 Å². The van der Waals surface area contributed by atoms with E-state index < -0.39 is 23.6 Å². The quantitative estimate of drug-likeness (QED) is 0.793. The van der Waals surface area contributed by atoms with Crippen LogP contribution in [0.15, 0.2) is 23.0 Å². The zero-order chi connectivity index (χ0) is 15.7. The molecular formula is C14H12ClF2N3O2. The lowest BCUT2D eigenvalue weighted by molar-refractivity contribution is 0.0591. The highest BCUT2D eigenvalue weighted by atomic mass is 35.5. The molecule has 1 saturated heterocycles. The monoisotopic (exact) mass is 327 g/mol. The van der Waals surface area contributed by atoms with Crippen molar-refractivity contribution in [3.8, 4) is 0 Å². The molecule has 5 nitrogen and oxygen atoms in total. The highest BCUT2D eigenvalue weighted by Crippen LogP contribution is 2.31. The van der Waals surface area contributed by atoms with Gasteiger partial charge in [0.2, 0.25) is 6.39 Å². The molecule has 0 aliphatic carbocycles. The van der Waals surface area contributed by atoms with Crippen LogP contribution in [-0.2, 0) is 0 Å². The van der Waals surface area contributed by atoms with Gasteiger partial charge in [0.1, 0.15) is 11.6 Å². The Morgan fingerprint density at radius 3 is 2.86 bits per heavy atom. The minimum atomic E-state index is -0.853. The van der Waals surface area contributed by atoms with Gasteiger partial charge < -0.3 is 9.42 Å².